The normalized spacial score (nSPS) is 11.9. The van der Waals surface area contributed by atoms with E-state index in [9.17, 15) is 26.4 Å². The molecule has 6 nitrogen and oxygen atoms in total. The average molecular weight is 522 g/mol. The van der Waals surface area contributed by atoms with Crippen molar-refractivity contribution in [1.82, 2.24) is 0 Å². The van der Waals surface area contributed by atoms with Crippen LogP contribution in [0.25, 0.3) is 0 Å². The number of carboxylic acid groups (broad SMARTS) is 1. The van der Waals surface area contributed by atoms with E-state index in [0.29, 0.717) is 17.5 Å². The molecule has 3 rings (SSSR count). The second-order valence-corrected chi connectivity index (χ2v) is 10.2. The highest BCUT2D eigenvalue weighted by molar-refractivity contribution is 7.92. The summed E-state index contributed by atoms with van der Waals surface area (Å²) in [5.41, 5.74) is 0.872. The van der Waals surface area contributed by atoms with Crippen molar-refractivity contribution in [2.75, 3.05) is 4.72 Å². The SMILES string of the molecule is CC(C)c1ccccc1S(=O)(=O)Nc1ccc(C(F)(F)F)cc1OCc1ccc(CCC(=O)O)cc1. The van der Waals surface area contributed by atoms with Gasteiger partial charge in [0, 0.05) is 6.42 Å². The highest BCUT2D eigenvalue weighted by atomic mass is 32.2. The Balaban J connectivity index is 1.88. The predicted molar refractivity (Wildman–Crippen MR) is 130 cm³/mol. The highest BCUT2D eigenvalue weighted by Crippen LogP contribution is 2.37. The molecule has 0 aliphatic carbocycles. The summed E-state index contributed by atoms with van der Waals surface area (Å²) in [5.74, 6) is -1.29. The Morgan fingerprint density at radius 1 is 1.00 bits per heavy atom. The predicted octanol–water partition coefficient (Wildman–Crippen LogP) is 6.23. The van der Waals surface area contributed by atoms with Crippen LogP contribution in [0.4, 0.5) is 18.9 Å². The first-order valence-electron chi connectivity index (χ1n) is 11.1. The number of alkyl halides is 3. The number of anilines is 1. The minimum Gasteiger partial charge on any atom is -0.487 e. The molecule has 0 aromatic heterocycles. The summed E-state index contributed by atoms with van der Waals surface area (Å²) < 4.78 is 74.3. The van der Waals surface area contributed by atoms with Gasteiger partial charge in [-0.2, -0.15) is 13.2 Å². The molecule has 3 aromatic rings. The van der Waals surface area contributed by atoms with Crippen LogP contribution in [0.1, 0.15) is 48.4 Å². The number of rotatable bonds is 10. The molecule has 36 heavy (non-hydrogen) atoms. The molecule has 3 aromatic carbocycles. The second-order valence-electron chi connectivity index (χ2n) is 8.51. The number of hydrogen-bond donors (Lipinski definition) is 2. The van der Waals surface area contributed by atoms with Gasteiger partial charge in [0.05, 0.1) is 16.1 Å². The smallest absolute Gasteiger partial charge is 0.416 e. The van der Waals surface area contributed by atoms with Gasteiger partial charge in [0.25, 0.3) is 10.0 Å². The van der Waals surface area contributed by atoms with Crippen LogP contribution >= 0.6 is 0 Å². The molecule has 0 unspecified atom stereocenters. The van der Waals surface area contributed by atoms with Crippen LogP contribution in [0, 0.1) is 0 Å². The van der Waals surface area contributed by atoms with E-state index in [1.165, 1.54) is 6.07 Å². The fourth-order valence-electron chi connectivity index (χ4n) is 3.52. The Morgan fingerprint density at radius 3 is 2.25 bits per heavy atom. The van der Waals surface area contributed by atoms with Crippen molar-refractivity contribution >= 4 is 21.7 Å². The summed E-state index contributed by atoms with van der Waals surface area (Å²) >= 11 is 0. The first-order chi connectivity index (χ1) is 16.9. The van der Waals surface area contributed by atoms with Crippen LogP contribution in [0.3, 0.4) is 0 Å². The molecule has 0 saturated heterocycles. The van der Waals surface area contributed by atoms with Gasteiger partial charge < -0.3 is 9.84 Å². The first-order valence-corrected chi connectivity index (χ1v) is 12.6. The molecule has 0 atom stereocenters. The Morgan fingerprint density at radius 2 is 1.64 bits per heavy atom. The maximum absolute atomic E-state index is 13.3. The highest BCUT2D eigenvalue weighted by Gasteiger charge is 2.32. The molecule has 0 saturated carbocycles. The lowest BCUT2D eigenvalue weighted by molar-refractivity contribution is -0.138. The molecule has 0 bridgehead atoms. The number of ether oxygens (including phenoxy) is 1. The molecule has 0 fully saturated rings. The topological polar surface area (TPSA) is 92.7 Å². The standard InChI is InChI=1S/C26H26F3NO5S/c1-17(2)21-5-3-4-6-24(21)36(33,34)30-22-13-12-20(26(27,28)29)15-23(22)35-16-19-9-7-18(8-10-19)11-14-25(31)32/h3-10,12-13,15,17,30H,11,14,16H2,1-2H3,(H,31,32). The number of aryl methyl sites for hydroxylation is 1. The molecule has 2 N–H and O–H groups in total. The van der Waals surface area contributed by atoms with Crippen LogP contribution in [0.15, 0.2) is 71.6 Å². The van der Waals surface area contributed by atoms with Crippen molar-refractivity contribution in [1.29, 1.82) is 0 Å². The number of nitrogens with one attached hydrogen (secondary N) is 1. The summed E-state index contributed by atoms with van der Waals surface area (Å²) in [4.78, 5) is 10.8. The maximum Gasteiger partial charge on any atom is 0.416 e. The van der Waals surface area contributed by atoms with E-state index in [-0.39, 0.29) is 35.3 Å². The third-order valence-electron chi connectivity index (χ3n) is 5.43. The molecule has 192 valence electrons. The van der Waals surface area contributed by atoms with Crippen molar-refractivity contribution in [2.45, 2.75) is 50.3 Å². The number of benzene rings is 3. The third-order valence-corrected chi connectivity index (χ3v) is 6.87. The Bertz CT molecular complexity index is 1320. The molecule has 0 heterocycles. The minimum atomic E-state index is -4.65. The van der Waals surface area contributed by atoms with E-state index in [2.05, 4.69) is 4.72 Å². The number of halogens is 3. The average Bonchev–Trinajstić information content (AvgIpc) is 2.81. The van der Waals surface area contributed by atoms with Crippen LogP contribution in [0.2, 0.25) is 0 Å². The molecular formula is C26H26F3NO5S. The van der Waals surface area contributed by atoms with Crippen LogP contribution in [0.5, 0.6) is 5.75 Å². The van der Waals surface area contributed by atoms with Crippen molar-refractivity contribution in [3.63, 3.8) is 0 Å². The van der Waals surface area contributed by atoms with Crippen molar-refractivity contribution in [3.05, 3.63) is 89.0 Å². The first kappa shape index (κ1) is 27.1. The molecule has 0 aliphatic rings. The van der Waals surface area contributed by atoms with Gasteiger partial charge in [-0.15, -0.1) is 0 Å². The maximum atomic E-state index is 13.3. The Hall–Kier alpha value is -3.53. The minimum absolute atomic E-state index is 0.0243. The molecule has 0 aliphatic heterocycles. The summed E-state index contributed by atoms with van der Waals surface area (Å²) in [6.45, 7) is 3.56. The van der Waals surface area contributed by atoms with E-state index in [0.717, 1.165) is 23.8 Å². The van der Waals surface area contributed by atoms with Crippen molar-refractivity contribution in [3.8, 4) is 5.75 Å². The zero-order valence-electron chi connectivity index (χ0n) is 19.7. The Labute approximate surface area is 207 Å². The molecule has 0 radical (unpaired) electrons. The summed E-state index contributed by atoms with van der Waals surface area (Å²) in [6, 6.07) is 15.8. The summed E-state index contributed by atoms with van der Waals surface area (Å²) in [6.07, 6.45) is -4.33. The van der Waals surface area contributed by atoms with Gasteiger partial charge in [0.2, 0.25) is 0 Å². The van der Waals surface area contributed by atoms with Gasteiger partial charge in [-0.1, -0.05) is 56.3 Å². The fourth-order valence-corrected chi connectivity index (χ4v) is 4.96. The number of aliphatic carboxylic acids is 1. The second kappa shape index (κ2) is 11.0. The lowest BCUT2D eigenvalue weighted by atomic mass is 10.0. The van der Waals surface area contributed by atoms with Crippen LogP contribution in [-0.2, 0) is 34.0 Å². The number of carbonyl (C=O) groups is 1. The number of sulfonamides is 1. The lowest BCUT2D eigenvalue weighted by Gasteiger charge is -2.18. The van der Waals surface area contributed by atoms with Gasteiger partial charge in [-0.25, -0.2) is 8.42 Å². The van der Waals surface area contributed by atoms with E-state index in [1.807, 2.05) is 13.8 Å². The van der Waals surface area contributed by atoms with Gasteiger partial charge in [0.1, 0.15) is 12.4 Å². The zero-order valence-corrected chi connectivity index (χ0v) is 20.5. The Kier molecular flexibility index (Phi) is 8.29. The fraction of sp³-hybridized carbons (Fsp3) is 0.269. The monoisotopic (exact) mass is 521 g/mol. The number of hydrogen-bond acceptors (Lipinski definition) is 4. The van der Waals surface area contributed by atoms with Gasteiger partial charge in [-0.05, 0) is 53.3 Å². The quantitative estimate of drug-likeness (QED) is 0.330. The number of carboxylic acids is 1. The van der Waals surface area contributed by atoms with Gasteiger partial charge in [-0.3, -0.25) is 9.52 Å². The van der Waals surface area contributed by atoms with E-state index < -0.39 is 27.7 Å². The molecule has 0 spiro atoms. The van der Waals surface area contributed by atoms with E-state index >= 15 is 0 Å². The third kappa shape index (κ3) is 7.00. The molecular weight excluding hydrogens is 495 g/mol. The summed E-state index contributed by atoms with van der Waals surface area (Å²) in [5, 5.41) is 8.79. The van der Waals surface area contributed by atoms with Crippen molar-refractivity contribution in [2.24, 2.45) is 0 Å². The van der Waals surface area contributed by atoms with E-state index in [4.69, 9.17) is 9.84 Å². The lowest BCUT2D eigenvalue weighted by Crippen LogP contribution is -2.17. The van der Waals surface area contributed by atoms with Crippen LogP contribution in [-0.4, -0.2) is 19.5 Å². The zero-order chi connectivity index (χ0) is 26.5. The molecule has 10 heteroatoms. The van der Waals surface area contributed by atoms with E-state index in [1.54, 1.807) is 42.5 Å². The molecule has 0 amide bonds. The van der Waals surface area contributed by atoms with Crippen molar-refractivity contribution < 1.29 is 36.2 Å². The summed E-state index contributed by atoms with van der Waals surface area (Å²) in [7, 11) is -4.12. The van der Waals surface area contributed by atoms with Crippen LogP contribution < -0.4 is 9.46 Å². The largest absolute Gasteiger partial charge is 0.487 e. The van der Waals surface area contributed by atoms with Gasteiger partial charge in [0.15, 0.2) is 0 Å². The van der Waals surface area contributed by atoms with Gasteiger partial charge >= 0.3 is 12.1 Å².